The molecule has 31 heavy (non-hydrogen) atoms. The van der Waals surface area contributed by atoms with Crippen LogP contribution in [0.15, 0.2) is 47.1 Å². The summed E-state index contributed by atoms with van der Waals surface area (Å²) in [6.07, 6.45) is 0.635. The van der Waals surface area contributed by atoms with Crippen LogP contribution in [0, 0.1) is 17.8 Å². The molecule has 0 saturated carbocycles. The van der Waals surface area contributed by atoms with E-state index in [0.717, 1.165) is 11.1 Å². The van der Waals surface area contributed by atoms with Crippen molar-refractivity contribution in [2.45, 2.75) is 38.9 Å². The lowest BCUT2D eigenvalue weighted by molar-refractivity contribution is -0.152. The molecule has 0 unspecified atom stereocenters. The SMILES string of the molecule is COc1ccc(CC(=O)O[C@H]2CC(C)=C3C(=O)C=C(CO)[C@@H]3[C@H]3OC(=O)[C@@H](C)[C@@H]32)cc1. The van der Waals surface area contributed by atoms with Gasteiger partial charge in [0.2, 0.25) is 0 Å². The summed E-state index contributed by atoms with van der Waals surface area (Å²) in [5, 5.41) is 9.79. The van der Waals surface area contributed by atoms with E-state index in [4.69, 9.17) is 14.2 Å². The zero-order chi connectivity index (χ0) is 22.3. The van der Waals surface area contributed by atoms with E-state index in [1.54, 1.807) is 38.3 Å². The smallest absolute Gasteiger partial charge is 0.310 e. The zero-order valence-corrected chi connectivity index (χ0v) is 17.8. The first-order valence-corrected chi connectivity index (χ1v) is 10.4. The fourth-order valence-corrected chi connectivity index (χ4v) is 5.04. The Morgan fingerprint density at radius 1 is 1.23 bits per heavy atom. The standard InChI is InChI=1S/C24H26O7/c1-12-8-18(30-19(27)9-14-4-6-16(29-3)7-5-14)21-13(2)24(28)31-23(21)22-15(11-25)10-17(26)20(12)22/h4-7,10,13,18,21-23,25H,8-9,11H2,1-3H3/t13-,18-,21+,22-,23-/m0/s1. The topological polar surface area (TPSA) is 99.1 Å². The number of ether oxygens (including phenoxy) is 3. The summed E-state index contributed by atoms with van der Waals surface area (Å²) in [5.41, 5.74) is 2.68. The number of methoxy groups -OCH3 is 1. The second-order valence-electron chi connectivity index (χ2n) is 8.44. The van der Waals surface area contributed by atoms with E-state index in [-0.39, 0.29) is 24.8 Å². The third-order valence-electron chi connectivity index (χ3n) is 6.57. The molecule has 1 heterocycles. The largest absolute Gasteiger partial charge is 0.497 e. The predicted molar refractivity (Wildman–Crippen MR) is 110 cm³/mol. The van der Waals surface area contributed by atoms with Crippen molar-refractivity contribution in [3.8, 4) is 5.75 Å². The van der Waals surface area contributed by atoms with E-state index in [1.807, 2.05) is 6.92 Å². The van der Waals surface area contributed by atoms with E-state index >= 15 is 0 Å². The van der Waals surface area contributed by atoms with Crippen molar-refractivity contribution in [3.05, 3.63) is 52.6 Å². The van der Waals surface area contributed by atoms with Gasteiger partial charge in [0.15, 0.2) is 5.78 Å². The molecule has 0 radical (unpaired) electrons. The van der Waals surface area contributed by atoms with Gasteiger partial charge in [-0.15, -0.1) is 0 Å². The first-order chi connectivity index (χ1) is 14.8. The van der Waals surface area contributed by atoms with E-state index in [1.165, 1.54) is 6.08 Å². The Balaban J connectivity index is 1.59. The fourth-order valence-electron chi connectivity index (χ4n) is 5.04. The van der Waals surface area contributed by atoms with Crippen LogP contribution in [0.2, 0.25) is 0 Å². The molecule has 5 atom stereocenters. The van der Waals surface area contributed by atoms with Gasteiger partial charge in [-0.3, -0.25) is 14.4 Å². The first-order valence-electron chi connectivity index (χ1n) is 10.4. The highest BCUT2D eigenvalue weighted by molar-refractivity contribution is 6.09. The number of aliphatic hydroxyl groups is 1. The van der Waals surface area contributed by atoms with E-state index < -0.39 is 35.9 Å². The number of fused-ring (bicyclic) bond motifs is 3. The summed E-state index contributed by atoms with van der Waals surface area (Å²) in [6, 6.07) is 7.16. The summed E-state index contributed by atoms with van der Waals surface area (Å²) in [4.78, 5) is 37.8. The molecule has 1 aromatic rings. The summed E-state index contributed by atoms with van der Waals surface area (Å²) in [7, 11) is 1.58. The summed E-state index contributed by atoms with van der Waals surface area (Å²) in [6.45, 7) is 3.31. The predicted octanol–water partition coefficient (Wildman–Crippen LogP) is 2.17. The van der Waals surface area contributed by atoms with Crippen molar-refractivity contribution >= 4 is 17.7 Å². The number of carbonyl (C=O) groups is 3. The molecular formula is C24H26O7. The van der Waals surface area contributed by atoms with Gasteiger partial charge >= 0.3 is 11.9 Å². The zero-order valence-electron chi connectivity index (χ0n) is 17.8. The van der Waals surface area contributed by atoms with Crippen LogP contribution in [0.25, 0.3) is 0 Å². The number of hydrogen-bond donors (Lipinski definition) is 1. The number of carbonyl (C=O) groups excluding carboxylic acids is 3. The Hall–Kier alpha value is -2.93. The first kappa shape index (κ1) is 21.3. The molecule has 1 aliphatic heterocycles. The molecule has 7 nitrogen and oxygen atoms in total. The molecule has 4 rings (SSSR count). The van der Waals surface area contributed by atoms with Crippen molar-refractivity contribution in [3.63, 3.8) is 0 Å². The number of ketones is 1. The van der Waals surface area contributed by atoms with E-state index in [9.17, 15) is 19.5 Å². The highest BCUT2D eigenvalue weighted by atomic mass is 16.6. The minimum absolute atomic E-state index is 0.0842. The molecule has 0 spiro atoms. The number of aliphatic hydroxyl groups excluding tert-OH is 1. The van der Waals surface area contributed by atoms with Gasteiger partial charge in [-0.2, -0.15) is 0 Å². The normalized spacial score (nSPS) is 29.7. The van der Waals surface area contributed by atoms with Crippen molar-refractivity contribution < 1.29 is 33.7 Å². The Bertz CT molecular complexity index is 972. The Labute approximate surface area is 180 Å². The molecule has 3 aliphatic rings. The summed E-state index contributed by atoms with van der Waals surface area (Å²) < 4.78 is 16.7. The Kier molecular flexibility index (Phi) is 5.71. The summed E-state index contributed by atoms with van der Waals surface area (Å²) in [5.74, 6) is -1.62. The maximum atomic E-state index is 12.7. The second-order valence-corrected chi connectivity index (χ2v) is 8.44. The van der Waals surface area contributed by atoms with Crippen LogP contribution in [0.5, 0.6) is 5.75 Å². The van der Waals surface area contributed by atoms with Crippen LogP contribution >= 0.6 is 0 Å². The average molecular weight is 426 g/mol. The molecule has 0 aromatic heterocycles. The minimum Gasteiger partial charge on any atom is -0.497 e. The lowest BCUT2D eigenvalue weighted by Gasteiger charge is -2.29. The van der Waals surface area contributed by atoms with Gasteiger partial charge in [0, 0.05) is 23.8 Å². The molecule has 0 amide bonds. The number of hydrogen-bond acceptors (Lipinski definition) is 7. The van der Waals surface area contributed by atoms with Crippen LogP contribution in [0.1, 0.15) is 25.8 Å². The molecule has 0 bridgehead atoms. The molecule has 2 aliphatic carbocycles. The molecule has 1 aromatic carbocycles. The second kappa shape index (κ2) is 8.30. The van der Waals surface area contributed by atoms with Gasteiger partial charge in [-0.25, -0.2) is 0 Å². The highest BCUT2D eigenvalue weighted by Crippen LogP contribution is 2.48. The van der Waals surface area contributed by atoms with Crippen LogP contribution < -0.4 is 4.74 Å². The third kappa shape index (κ3) is 3.78. The average Bonchev–Trinajstić information content (AvgIpc) is 3.19. The number of esters is 2. The van der Waals surface area contributed by atoms with Crippen LogP contribution in [-0.2, 0) is 30.3 Å². The summed E-state index contributed by atoms with van der Waals surface area (Å²) >= 11 is 0. The van der Waals surface area contributed by atoms with Gasteiger partial charge in [-0.1, -0.05) is 24.6 Å². The van der Waals surface area contributed by atoms with Gasteiger partial charge in [-0.05, 0) is 36.3 Å². The number of allylic oxidation sites excluding steroid dienone is 1. The minimum atomic E-state index is -0.640. The Morgan fingerprint density at radius 2 is 1.94 bits per heavy atom. The monoisotopic (exact) mass is 426 g/mol. The lowest BCUT2D eigenvalue weighted by Crippen LogP contribution is -2.38. The van der Waals surface area contributed by atoms with Crippen LogP contribution in [0.4, 0.5) is 0 Å². The molecular weight excluding hydrogens is 400 g/mol. The van der Waals surface area contributed by atoms with Gasteiger partial charge in [0.25, 0.3) is 0 Å². The highest BCUT2D eigenvalue weighted by Gasteiger charge is 2.55. The van der Waals surface area contributed by atoms with Gasteiger partial charge in [0.1, 0.15) is 18.0 Å². The molecule has 164 valence electrons. The van der Waals surface area contributed by atoms with Gasteiger partial charge < -0.3 is 19.3 Å². The maximum Gasteiger partial charge on any atom is 0.310 e. The number of rotatable bonds is 5. The van der Waals surface area contributed by atoms with Crippen molar-refractivity contribution in [2.24, 2.45) is 17.8 Å². The maximum absolute atomic E-state index is 12.7. The molecule has 1 N–H and O–H groups in total. The third-order valence-corrected chi connectivity index (χ3v) is 6.57. The Morgan fingerprint density at radius 3 is 2.58 bits per heavy atom. The van der Waals surface area contributed by atoms with Crippen LogP contribution in [-0.4, -0.2) is 48.8 Å². The van der Waals surface area contributed by atoms with Crippen molar-refractivity contribution in [1.29, 1.82) is 0 Å². The van der Waals surface area contributed by atoms with Gasteiger partial charge in [0.05, 0.1) is 26.1 Å². The number of benzene rings is 1. The van der Waals surface area contributed by atoms with Crippen molar-refractivity contribution in [2.75, 3.05) is 13.7 Å². The molecule has 1 saturated heterocycles. The quantitative estimate of drug-likeness (QED) is 0.721. The molecule has 7 heteroatoms. The van der Waals surface area contributed by atoms with E-state index in [2.05, 4.69) is 0 Å². The van der Waals surface area contributed by atoms with Crippen LogP contribution in [0.3, 0.4) is 0 Å². The molecule has 1 fully saturated rings. The lowest BCUT2D eigenvalue weighted by atomic mass is 9.79. The van der Waals surface area contributed by atoms with Crippen molar-refractivity contribution in [1.82, 2.24) is 0 Å². The van der Waals surface area contributed by atoms with E-state index in [0.29, 0.717) is 23.3 Å². The fraction of sp³-hybridized carbons (Fsp3) is 0.458.